The Hall–Kier alpha value is -1.11. The molecule has 0 radical (unpaired) electrons. The van der Waals surface area contributed by atoms with Gasteiger partial charge in [-0.3, -0.25) is 0 Å². The monoisotopic (exact) mass is 164 g/mol. The summed E-state index contributed by atoms with van der Waals surface area (Å²) in [6, 6.07) is 3.70. The van der Waals surface area contributed by atoms with E-state index in [4.69, 9.17) is 11.0 Å². The first-order chi connectivity index (χ1) is 5.27. The summed E-state index contributed by atoms with van der Waals surface area (Å²) in [5.74, 6) is 0. The van der Waals surface area contributed by atoms with E-state index in [-0.39, 0.29) is 6.04 Å². The molecule has 1 rings (SSSR count). The molecule has 0 amide bonds. The van der Waals surface area contributed by atoms with Gasteiger partial charge in [0, 0.05) is 6.04 Å². The van der Waals surface area contributed by atoms with Gasteiger partial charge in [-0.15, -0.1) is 17.9 Å². The second-order valence-electron chi connectivity index (χ2n) is 2.12. The standard InChI is InChI=1S/C8H8N2S/c1-2-8(10)6-3-7(4-9)11-5-6/h2-3,5,8H,1,10H2/t8-/m1/s1. The summed E-state index contributed by atoms with van der Waals surface area (Å²) in [5, 5.41) is 10.4. The highest BCUT2D eigenvalue weighted by molar-refractivity contribution is 7.10. The van der Waals surface area contributed by atoms with Crippen molar-refractivity contribution >= 4 is 11.3 Å². The van der Waals surface area contributed by atoms with Gasteiger partial charge in [0.05, 0.1) is 0 Å². The molecule has 0 aliphatic rings. The minimum atomic E-state index is -0.145. The maximum absolute atomic E-state index is 8.50. The van der Waals surface area contributed by atoms with Crippen molar-refractivity contribution in [2.75, 3.05) is 0 Å². The van der Waals surface area contributed by atoms with Gasteiger partial charge in [0.25, 0.3) is 0 Å². The van der Waals surface area contributed by atoms with E-state index in [1.807, 2.05) is 5.38 Å². The van der Waals surface area contributed by atoms with Crippen molar-refractivity contribution in [2.24, 2.45) is 5.73 Å². The maximum atomic E-state index is 8.50. The predicted octanol–water partition coefficient (Wildman–Crippen LogP) is 1.81. The second kappa shape index (κ2) is 3.33. The zero-order chi connectivity index (χ0) is 8.27. The average molecular weight is 164 g/mol. The van der Waals surface area contributed by atoms with E-state index in [9.17, 15) is 0 Å². The van der Waals surface area contributed by atoms with Gasteiger partial charge < -0.3 is 5.73 Å². The topological polar surface area (TPSA) is 49.8 Å². The van der Waals surface area contributed by atoms with E-state index in [0.717, 1.165) is 5.56 Å². The lowest BCUT2D eigenvalue weighted by atomic mass is 10.1. The minimum absolute atomic E-state index is 0.145. The summed E-state index contributed by atoms with van der Waals surface area (Å²) < 4.78 is 0. The van der Waals surface area contributed by atoms with Crippen LogP contribution in [0.15, 0.2) is 24.1 Å². The van der Waals surface area contributed by atoms with E-state index in [2.05, 4.69) is 12.6 Å². The first-order valence-corrected chi connectivity index (χ1v) is 4.02. The summed E-state index contributed by atoms with van der Waals surface area (Å²) in [6.07, 6.45) is 1.66. The van der Waals surface area contributed by atoms with Gasteiger partial charge in [-0.2, -0.15) is 5.26 Å². The Morgan fingerprint density at radius 1 is 1.82 bits per heavy atom. The molecule has 0 aliphatic carbocycles. The molecule has 1 aromatic rings. The molecule has 1 atom stereocenters. The van der Waals surface area contributed by atoms with Crippen molar-refractivity contribution in [2.45, 2.75) is 6.04 Å². The normalized spacial score (nSPS) is 12.0. The third kappa shape index (κ3) is 1.67. The fourth-order valence-electron chi connectivity index (χ4n) is 0.720. The largest absolute Gasteiger partial charge is 0.321 e. The lowest BCUT2D eigenvalue weighted by molar-refractivity contribution is 0.921. The fraction of sp³-hybridized carbons (Fsp3) is 0.125. The highest BCUT2D eigenvalue weighted by Crippen LogP contribution is 2.18. The van der Waals surface area contributed by atoms with Crippen LogP contribution in [-0.2, 0) is 0 Å². The van der Waals surface area contributed by atoms with Crippen molar-refractivity contribution in [3.05, 3.63) is 34.5 Å². The lowest BCUT2D eigenvalue weighted by Gasteiger charge is -1.99. The number of nitrogens with zero attached hydrogens (tertiary/aromatic N) is 1. The zero-order valence-corrected chi connectivity index (χ0v) is 6.77. The quantitative estimate of drug-likeness (QED) is 0.677. The minimum Gasteiger partial charge on any atom is -0.321 e. The van der Waals surface area contributed by atoms with Crippen molar-refractivity contribution < 1.29 is 0 Å². The molecule has 0 saturated heterocycles. The second-order valence-corrected chi connectivity index (χ2v) is 3.03. The number of hydrogen-bond acceptors (Lipinski definition) is 3. The molecule has 0 unspecified atom stereocenters. The first kappa shape index (κ1) is 7.99. The molecule has 2 nitrogen and oxygen atoms in total. The van der Waals surface area contributed by atoms with E-state index in [1.54, 1.807) is 12.1 Å². The molecule has 56 valence electrons. The number of nitriles is 1. The van der Waals surface area contributed by atoms with Crippen molar-refractivity contribution in [3.8, 4) is 6.07 Å². The van der Waals surface area contributed by atoms with E-state index < -0.39 is 0 Å². The molecule has 0 aliphatic heterocycles. The van der Waals surface area contributed by atoms with Crippen molar-refractivity contribution in [1.29, 1.82) is 5.26 Å². The average Bonchev–Trinajstić information content (AvgIpc) is 2.50. The number of rotatable bonds is 2. The number of thiophene rings is 1. The van der Waals surface area contributed by atoms with Gasteiger partial charge >= 0.3 is 0 Å². The molecule has 0 saturated carbocycles. The van der Waals surface area contributed by atoms with E-state index >= 15 is 0 Å². The maximum Gasteiger partial charge on any atom is 0.110 e. The highest BCUT2D eigenvalue weighted by atomic mass is 32.1. The van der Waals surface area contributed by atoms with Crippen LogP contribution in [-0.4, -0.2) is 0 Å². The Morgan fingerprint density at radius 3 is 3.00 bits per heavy atom. The Kier molecular flexibility index (Phi) is 2.42. The van der Waals surface area contributed by atoms with Crippen LogP contribution in [0.4, 0.5) is 0 Å². The summed E-state index contributed by atoms with van der Waals surface area (Å²) in [7, 11) is 0. The van der Waals surface area contributed by atoms with Crippen molar-refractivity contribution in [3.63, 3.8) is 0 Å². The Balaban J connectivity index is 2.90. The predicted molar refractivity (Wildman–Crippen MR) is 46.2 cm³/mol. The fourth-order valence-corrected chi connectivity index (χ4v) is 1.47. The van der Waals surface area contributed by atoms with Crippen LogP contribution in [0, 0.1) is 11.3 Å². The van der Waals surface area contributed by atoms with Crippen LogP contribution >= 0.6 is 11.3 Å². The summed E-state index contributed by atoms with van der Waals surface area (Å²) in [6.45, 7) is 3.57. The van der Waals surface area contributed by atoms with Crippen LogP contribution in [0.5, 0.6) is 0 Å². The molecule has 2 N–H and O–H groups in total. The third-order valence-corrected chi connectivity index (χ3v) is 2.22. The molecule has 0 aromatic carbocycles. The molecular formula is C8H8N2S. The highest BCUT2D eigenvalue weighted by Gasteiger charge is 2.03. The van der Waals surface area contributed by atoms with Gasteiger partial charge in [-0.05, 0) is 17.0 Å². The zero-order valence-electron chi connectivity index (χ0n) is 5.95. The Labute approximate surface area is 69.6 Å². The van der Waals surface area contributed by atoms with Crippen LogP contribution in [0.25, 0.3) is 0 Å². The number of hydrogen-bond donors (Lipinski definition) is 1. The van der Waals surface area contributed by atoms with E-state index in [0.29, 0.717) is 4.88 Å². The Morgan fingerprint density at radius 2 is 2.55 bits per heavy atom. The SMILES string of the molecule is C=C[C@@H](N)c1csc(C#N)c1. The summed E-state index contributed by atoms with van der Waals surface area (Å²) >= 11 is 1.40. The molecule has 0 spiro atoms. The molecular weight excluding hydrogens is 156 g/mol. The molecule has 1 heterocycles. The van der Waals surface area contributed by atoms with E-state index in [1.165, 1.54) is 11.3 Å². The molecule has 0 fully saturated rings. The number of nitrogens with two attached hydrogens (primary N) is 1. The van der Waals surface area contributed by atoms with Gasteiger partial charge in [0.2, 0.25) is 0 Å². The van der Waals surface area contributed by atoms with Gasteiger partial charge in [0.1, 0.15) is 10.9 Å². The molecule has 1 aromatic heterocycles. The van der Waals surface area contributed by atoms with Gasteiger partial charge in [-0.1, -0.05) is 6.08 Å². The summed E-state index contributed by atoms with van der Waals surface area (Å²) in [4.78, 5) is 0.692. The smallest absolute Gasteiger partial charge is 0.110 e. The van der Waals surface area contributed by atoms with Gasteiger partial charge in [-0.25, -0.2) is 0 Å². The van der Waals surface area contributed by atoms with Crippen molar-refractivity contribution in [1.82, 2.24) is 0 Å². The molecule has 3 heteroatoms. The first-order valence-electron chi connectivity index (χ1n) is 3.14. The van der Waals surface area contributed by atoms with Crippen LogP contribution in [0.2, 0.25) is 0 Å². The molecule has 11 heavy (non-hydrogen) atoms. The molecule has 0 bridgehead atoms. The van der Waals surface area contributed by atoms with Crippen LogP contribution in [0.3, 0.4) is 0 Å². The van der Waals surface area contributed by atoms with Crippen LogP contribution in [0.1, 0.15) is 16.5 Å². The van der Waals surface area contributed by atoms with Crippen LogP contribution < -0.4 is 5.73 Å². The summed E-state index contributed by atoms with van der Waals surface area (Å²) in [5.41, 5.74) is 6.60. The third-order valence-electron chi connectivity index (χ3n) is 1.37. The lowest BCUT2D eigenvalue weighted by Crippen LogP contribution is -2.04. The Bertz CT molecular complexity index is 295. The van der Waals surface area contributed by atoms with Gasteiger partial charge in [0.15, 0.2) is 0 Å².